The van der Waals surface area contributed by atoms with Gasteiger partial charge in [0.25, 0.3) is 0 Å². The molecule has 20 heavy (non-hydrogen) atoms. The first-order valence-corrected chi connectivity index (χ1v) is 6.45. The van der Waals surface area contributed by atoms with Gasteiger partial charge in [0, 0.05) is 11.5 Å². The van der Waals surface area contributed by atoms with Gasteiger partial charge >= 0.3 is 7.12 Å². The van der Waals surface area contributed by atoms with Gasteiger partial charge in [-0.2, -0.15) is 5.26 Å². The first-order valence-electron chi connectivity index (χ1n) is 6.45. The summed E-state index contributed by atoms with van der Waals surface area (Å²) in [6.07, 6.45) is 0. The van der Waals surface area contributed by atoms with Crippen molar-refractivity contribution in [3.05, 3.63) is 17.7 Å². The lowest BCUT2D eigenvalue weighted by atomic mass is 9.77. The molecule has 5 nitrogen and oxygen atoms in total. The van der Waals surface area contributed by atoms with Crippen molar-refractivity contribution in [2.24, 2.45) is 0 Å². The molecule has 0 bridgehead atoms. The summed E-state index contributed by atoms with van der Waals surface area (Å²) in [5.74, 6) is 0.556. The van der Waals surface area contributed by atoms with Crippen molar-refractivity contribution in [3.8, 4) is 11.8 Å². The third-order valence-electron chi connectivity index (χ3n) is 4.03. The Morgan fingerprint density at radius 2 is 1.75 bits per heavy atom. The number of nitrogen functional groups attached to an aromatic ring is 1. The normalized spacial score (nSPS) is 19.7. The summed E-state index contributed by atoms with van der Waals surface area (Å²) in [6, 6.07) is 5.35. The maximum atomic E-state index is 9.10. The predicted molar refractivity (Wildman–Crippen MR) is 77.8 cm³/mol. The molecule has 0 aliphatic carbocycles. The minimum atomic E-state index is -0.581. The van der Waals surface area contributed by atoms with Crippen molar-refractivity contribution in [2.45, 2.75) is 38.9 Å². The molecule has 1 saturated heterocycles. The van der Waals surface area contributed by atoms with Crippen LogP contribution < -0.4 is 15.9 Å². The number of nitrogens with zero attached hydrogens (tertiary/aromatic N) is 1. The quantitative estimate of drug-likeness (QED) is 0.652. The van der Waals surface area contributed by atoms with Gasteiger partial charge in [-0.15, -0.1) is 0 Å². The summed E-state index contributed by atoms with van der Waals surface area (Å²) in [6.45, 7) is 7.90. The summed E-state index contributed by atoms with van der Waals surface area (Å²) in [7, 11) is 0.970. The number of benzene rings is 1. The van der Waals surface area contributed by atoms with Crippen LogP contribution >= 0.6 is 0 Å². The van der Waals surface area contributed by atoms with Crippen LogP contribution in [0.2, 0.25) is 0 Å². The number of hydrogen-bond acceptors (Lipinski definition) is 5. The zero-order valence-corrected chi connectivity index (χ0v) is 12.5. The van der Waals surface area contributed by atoms with Crippen molar-refractivity contribution in [1.82, 2.24) is 0 Å². The summed E-state index contributed by atoms with van der Waals surface area (Å²) in [4.78, 5) is 0. The molecule has 1 aromatic carbocycles. The highest BCUT2D eigenvalue weighted by Gasteiger charge is 2.52. The average Bonchev–Trinajstić information content (AvgIpc) is 2.57. The monoisotopic (exact) mass is 274 g/mol. The van der Waals surface area contributed by atoms with Crippen LogP contribution in [-0.2, 0) is 9.31 Å². The molecular formula is C14H19BN2O3. The zero-order valence-electron chi connectivity index (χ0n) is 12.5. The van der Waals surface area contributed by atoms with Gasteiger partial charge < -0.3 is 19.8 Å². The fraction of sp³-hybridized carbons (Fsp3) is 0.500. The van der Waals surface area contributed by atoms with E-state index in [2.05, 4.69) is 6.07 Å². The molecule has 1 aromatic rings. The molecule has 1 aliphatic heterocycles. The van der Waals surface area contributed by atoms with Crippen molar-refractivity contribution < 1.29 is 14.0 Å². The van der Waals surface area contributed by atoms with E-state index in [0.29, 0.717) is 22.5 Å². The Morgan fingerprint density at radius 1 is 1.20 bits per heavy atom. The van der Waals surface area contributed by atoms with Crippen LogP contribution in [-0.4, -0.2) is 25.4 Å². The number of nitrogens with two attached hydrogens (primary N) is 1. The Labute approximate surface area is 119 Å². The lowest BCUT2D eigenvalue weighted by molar-refractivity contribution is 0.00578. The van der Waals surface area contributed by atoms with Gasteiger partial charge in [0.1, 0.15) is 11.8 Å². The Balaban J connectivity index is 2.47. The van der Waals surface area contributed by atoms with E-state index in [4.69, 9.17) is 25.0 Å². The van der Waals surface area contributed by atoms with Crippen molar-refractivity contribution in [1.29, 1.82) is 5.26 Å². The van der Waals surface area contributed by atoms with Crippen LogP contribution in [0.1, 0.15) is 33.3 Å². The molecule has 0 spiro atoms. The summed E-state index contributed by atoms with van der Waals surface area (Å²) >= 11 is 0. The maximum absolute atomic E-state index is 9.10. The highest BCUT2D eigenvalue weighted by molar-refractivity contribution is 6.63. The number of hydrogen-bond donors (Lipinski definition) is 1. The van der Waals surface area contributed by atoms with E-state index in [-0.39, 0.29) is 0 Å². The van der Waals surface area contributed by atoms with Gasteiger partial charge in [0.15, 0.2) is 0 Å². The summed E-state index contributed by atoms with van der Waals surface area (Å²) < 4.78 is 17.3. The molecule has 1 aliphatic rings. The average molecular weight is 274 g/mol. The fourth-order valence-corrected chi connectivity index (χ4v) is 2.04. The van der Waals surface area contributed by atoms with Gasteiger partial charge in [-0.25, -0.2) is 0 Å². The minimum absolute atomic E-state index is 0.379. The van der Waals surface area contributed by atoms with E-state index in [9.17, 15) is 0 Å². The Kier molecular flexibility index (Phi) is 3.45. The fourth-order valence-electron chi connectivity index (χ4n) is 2.04. The van der Waals surface area contributed by atoms with E-state index in [1.54, 1.807) is 19.2 Å². The maximum Gasteiger partial charge on any atom is 0.498 e. The van der Waals surface area contributed by atoms with Gasteiger partial charge in [-0.05, 0) is 33.8 Å². The van der Waals surface area contributed by atoms with Crippen LogP contribution in [0.3, 0.4) is 0 Å². The number of methoxy groups -OCH3 is 1. The molecule has 2 rings (SSSR count). The molecule has 1 heterocycles. The number of ether oxygens (including phenoxy) is 1. The third kappa shape index (κ3) is 2.24. The van der Waals surface area contributed by atoms with Crippen LogP contribution in [0.15, 0.2) is 12.1 Å². The Hall–Kier alpha value is -1.71. The topological polar surface area (TPSA) is 77.5 Å². The van der Waals surface area contributed by atoms with Crippen molar-refractivity contribution >= 4 is 18.3 Å². The minimum Gasteiger partial charge on any atom is -0.497 e. The SMILES string of the molecule is COc1cc(N)c(C#N)cc1B1OC(C)(C)C(C)(C)O1. The van der Waals surface area contributed by atoms with Gasteiger partial charge in [-0.1, -0.05) is 0 Å². The highest BCUT2D eigenvalue weighted by atomic mass is 16.7. The van der Waals surface area contributed by atoms with E-state index in [1.807, 2.05) is 27.7 Å². The van der Waals surface area contributed by atoms with E-state index in [1.165, 1.54) is 0 Å². The van der Waals surface area contributed by atoms with Crippen LogP contribution in [0.25, 0.3) is 0 Å². The predicted octanol–water partition coefficient (Wildman–Crippen LogP) is 1.45. The molecule has 0 amide bonds. The summed E-state index contributed by atoms with van der Waals surface area (Å²) in [5, 5.41) is 9.10. The smallest absolute Gasteiger partial charge is 0.497 e. The molecule has 106 valence electrons. The van der Waals surface area contributed by atoms with Crippen LogP contribution in [0.4, 0.5) is 5.69 Å². The molecule has 2 N–H and O–H groups in total. The molecule has 0 unspecified atom stereocenters. The molecule has 6 heteroatoms. The number of rotatable bonds is 2. The number of anilines is 1. The molecule has 0 saturated carbocycles. The standard InChI is InChI=1S/C14H19BN2O3/c1-13(2)14(3,4)20-15(19-13)10-6-9(8-16)11(17)7-12(10)18-5/h6-7H,17H2,1-5H3. The second kappa shape index (κ2) is 4.69. The van der Waals surface area contributed by atoms with E-state index in [0.717, 1.165) is 0 Å². The Bertz CT molecular complexity index is 563. The van der Waals surface area contributed by atoms with Gasteiger partial charge in [-0.3, -0.25) is 0 Å². The Morgan fingerprint density at radius 3 is 2.20 bits per heavy atom. The van der Waals surface area contributed by atoms with Gasteiger partial charge in [0.2, 0.25) is 0 Å². The van der Waals surface area contributed by atoms with E-state index < -0.39 is 18.3 Å². The molecule has 0 radical (unpaired) electrons. The first kappa shape index (κ1) is 14.7. The first-order chi connectivity index (χ1) is 9.21. The summed E-state index contributed by atoms with van der Waals surface area (Å²) in [5.41, 5.74) is 6.34. The zero-order chi connectivity index (χ0) is 15.1. The molecule has 0 atom stereocenters. The molecule has 1 fully saturated rings. The largest absolute Gasteiger partial charge is 0.498 e. The highest BCUT2D eigenvalue weighted by Crippen LogP contribution is 2.37. The van der Waals surface area contributed by atoms with E-state index >= 15 is 0 Å². The molecular weight excluding hydrogens is 255 g/mol. The lowest BCUT2D eigenvalue weighted by Gasteiger charge is -2.32. The number of nitriles is 1. The van der Waals surface area contributed by atoms with Crippen LogP contribution in [0, 0.1) is 11.3 Å². The lowest BCUT2D eigenvalue weighted by Crippen LogP contribution is -2.41. The van der Waals surface area contributed by atoms with Crippen molar-refractivity contribution in [2.75, 3.05) is 12.8 Å². The second-order valence-corrected chi connectivity index (χ2v) is 5.88. The van der Waals surface area contributed by atoms with Gasteiger partial charge in [0.05, 0.1) is 29.6 Å². The third-order valence-corrected chi connectivity index (χ3v) is 4.03. The van der Waals surface area contributed by atoms with Crippen molar-refractivity contribution in [3.63, 3.8) is 0 Å². The van der Waals surface area contributed by atoms with Crippen LogP contribution in [0.5, 0.6) is 5.75 Å². The second-order valence-electron chi connectivity index (χ2n) is 5.88. The molecule has 0 aromatic heterocycles.